The van der Waals surface area contributed by atoms with Gasteiger partial charge in [-0.25, -0.2) is 4.98 Å². The lowest BCUT2D eigenvalue weighted by atomic mass is 10.1. The third-order valence-corrected chi connectivity index (χ3v) is 3.87. The molecule has 0 aliphatic rings. The summed E-state index contributed by atoms with van der Waals surface area (Å²) in [5, 5.41) is 14.7. The fourth-order valence-electron chi connectivity index (χ4n) is 2.22. The summed E-state index contributed by atoms with van der Waals surface area (Å²) in [5.74, 6) is -0.185. The zero-order chi connectivity index (χ0) is 18.8. The summed E-state index contributed by atoms with van der Waals surface area (Å²) in [7, 11) is 0. The van der Waals surface area contributed by atoms with Crippen molar-refractivity contribution in [1.82, 2.24) is 9.97 Å². The summed E-state index contributed by atoms with van der Waals surface area (Å²) < 4.78 is 40.2. The molecule has 0 aliphatic carbocycles. The van der Waals surface area contributed by atoms with Gasteiger partial charge >= 0.3 is 6.18 Å². The highest BCUT2D eigenvalue weighted by Gasteiger charge is 2.34. The van der Waals surface area contributed by atoms with Gasteiger partial charge in [0.15, 0.2) is 5.69 Å². The van der Waals surface area contributed by atoms with Crippen LogP contribution in [0.15, 0.2) is 22.7 Å². The summed E-state index contributed by atoms with van der Waals surface area (Å²) in [5.41, 5.74) is 1.33. The number of halogens is 4. The van der Waals surface area contributed by atoms with E-state index < -0.39 is 17.9 Å². The maximum Gasteiger partial charge on any atom is 0.433 e. The molecule has 2 aromatic rings. The minimum absolute atomic E-state index is 0.0171. The number of aromatic nitrogens is 2. The van der Waals surface area contributed by atoms with Gasteiger partial charge in [-0.05, 0) is 44.0 Å². The third-order valence-electron chi connectivity index (χ3n) is 3.42. The predicted octanol–water partition coefficient (Wildman–Crippen LogP) is 4.41. The van der Waals surface area contributed by atoms with Gasteiger partial charge in [0, 0.05) is 22.3 Å². The number of benzene rings is 1. The maximum atomic E-state index is 13.1. The van der Waals surface area contributed by atoms with Gasteiger partial charge in [0.25, 0.3) is 0 Å². The summed E-state index contributed by atoms with van der Waals surface area (Å²) in [6, 6.07) is 4.09. The summed E-state index contributed by atoms with van der Waals surface area (Å²) in [4.78, 5) is 7.57. The molecule has 136 valence electrons. The molecule has 0 bridgehead atoms. The van der Waals surface area contributed by atoms with Crippen molar-refractivity contribution in [3.8, 4) is 0 Å². The lowest BCUT2D eigenvalue weighted by Crippen LogP contribution is -2.22. The average Bonchev–Trinajstić information content (AvgIpc) is 2.49. The molecule has 0 spiro atoms. The van der Waals surface area contributed by atoms with Crippen LogP contribution in [-0.2, 0) is 6.18 Å². The van der Waals surface area contributed by atoms with Crippen molar-refractivity contribution in [2.24, 2.45) is 0 Å². The number of rotatable bonds is 5. The van der Waals surface area contributed by atoms with Crippen LogP contribution in [0.25, 0.3) is 0 Å². The Hall–Kier alpha value is -1.87. The Morgan fingerprint density at radius 2 is 1.76 bits per heavy atom. The molecule has 1 atom stereocenters. The van der Waals surface area contributed by atoms with Crippen molar-refractivity contribution in [3.05, 3.63) is 39.5 Å². The fraction of sp³-hybridized carbons (Fsp3) is 0.375. The molecular weight excluding hydrogens is 401 g/mol. The van der Waals surface area contributed by atoms with E-state index in [4.69, 9.17) is 5.11 Å². The van der Waals surface area contributed by atoms with Crippen molar-refractivity contribution in [3.63, 3.8) is 0 Å². The van der Waals surface area contributed by atoms with Crippen LogP contribution in [0, 0.1) is 13.8 Å². The van der Waals surface area contributed by atoms with Crippen molar-refractivity contribution in [1.29, 1.82) is 0 Å². The first kappa shape index (κ1) is 19.5. The monoisotopic (exact) mass is 418 g/mol. The third kappa shape index (κ3) is 5.05. The Morgan fingerprint density at radius 1 is 1.16 bits per heavy atom. The van der Waals surface area contributed by atoms with Gasteiger partial charge in [0.05, 0.1) is 6.61 Å². The Balaban J connectivity index is 2.44. The average molecular weight is 419 g/mol. The van der Waals surface area contributed by atoms with E-state index in [0.717, 1.165) is 21.7 Å². The highest BCUT2D eigenvalue weighted by Crippen LogP contribution is 2.32. The molecule has 0 radical (unpaired) electrons. The topological polar surface area (TPSA) is 70.1 Å². The van der Waals surface area contributed by atoms with E-state index in [1.54, 1.807) is 6.92 Å². The van der Waals surface area contributed by atoms with Crippen LogP contribution in [0.4, 0.5) is 30.6 Å². The van der Waals surface area contributed by atoms with Gasteiger partial charge in [-0.3, -0.25) is 0 Å². The first-order valence-corrected chi connectivity index (χ1v) is 8.27. The molecule has 0 amide bonds. The minimum Gasteiger partial charge on any atom is -0.394 e. The van der Waals surface area contributed by atoms with E-state index >= 15 is 0 Å². The zero-order valence-electron chi connectivity index (χ0n) is 13.9. The van der Waals surface area contributed by atoms with Crippen LogP contribution in [0.3, 0.4) is 0 Å². The Kier molecular flexibility index (Phi) is 5.89. The SMILES string of the molecule is Cc1cc(Br)cc(C)c1Nc1cc(C(F)(F)F)nc(N[C@H](C)CO)n1. The molecule has 1 aromatic heterocycles. The van der Waals surface area contributed by atoms with Crippen LogP contribution in [0.2, 0.25) is 0 Å². The molecule has 3 N–H and O–H groups in total. The van der Waals surface area contributed by atoms with E-state index in [1.807, 2.05) is 26.0 Å². The van der Waals surface area contributed by atoms with Gasteiger partial charge < -0.3 is 15.7 Å². The van der Waals surface area contributed by atoms with E-state index in [-0.39, 0.29) is 18.4 Å². The van der Waals surface area contributed by atoms with E-state index in [0.29, 0.717) is 5.69 Å². The molecule has 9 heteroatoms. The van der Waals surface area contributed by atoms with Gasteiger partial charge in [0.2, 0.25) is 5.95 Å². The van der Waals surface area contributed by atoms with Crippen LogP contribution in [0.5, 0.6) is 0 Å². The molecule has 0 unspecified atom stereocenters. The van der Waals surface area contributed by atoms with Crippen LogP contribution in [0.1, 0.15) is 23.7 Å². The Labute approximate surface area is 151 Å². The highest BCUT2D eigenvalue weighted by atomic mass is 79.9. The van der Waals surface area contributed by atoms with Crippen molar-refractivity contribution in [2.75, 3.05) is 17.2 Å². The van der Waals surface area contributed by atoms with Gasteiger partial charge in [-0.1, -0.05) is 15.9 Å². The van der Waals surface area contributed by atoms with Crippen molar-refractivity contribution < 1.29 is 18.3 Å². The molecule has 2 rings (SSSR count). The van der Waals surface area contributed by atoms with Gasteiger partial charge in [-0.15, -0.1) is 0 Å². The molecule has 5 nitrogen and oxygen atoms in total. The number of aliphatic hydroxyl groups excluding tert-OH is 1. The lowest BCUT2D eigenvalue weighted by Gasteiger charge is -2.17. The quantitative estimate of drug-likeness (QED) is 0.670. The standard InChI is InChI=1S/C16H18BrF3N4O/c1-8-4-11(17)5-9(2)14(8)23-13-6-12(16(18,19)20)22-15(24-13)21-10(3)7-25/h4-6,10,25H,7H2,1-3H3,(H2,21,22,23,24)/t10-/m1/s1. The zero-order valence-corrected chi connectivity index (χ0v) is 15.5. The van der Waals surface area contributed by atoms with Crippen LogP contribution in [-0.4, -0.2) is 27.7 Å². The first-order valence-electron chi connectivity index (χ1n) is 7.47. The number of aliphatic hydroxyl groups is 1. The summed E-state index contributed by atoms with van der Waals surface area (Å²) in [6.45, 7) is 5.05. The van der Waals surface area contributed by atoms with E-state index in [2.05, 4.69) is 36.5 Å². The molecule has 1 aromatic carbocycles. The molecule has 0 saturated carbocycles. The summed E-state index contributed by atoms with van der Waals surface area (Å²) >= 11 is 3.38. The Morgan fingerprint density at radius 3 is 2.28 bits per heavy atom. The molecule has 0 saturated heterocycles. The minimum atomic E-state index is -4.61. The molecule has 1 heterocycles. The van der Waals surface area contributed by atoms with E-state index in [9.17, 15) is 13.2 Å². The molecular formula is C16H18BrF3N4O. The van der Waals surface area contributed by atoms with Crippen LogP contribution >= 0.6 is 15.9 Å². The smallest absolute Gasteiger partial charge is 0.394 e. The number of nitrogens with one attached hydrogen (secondary N) is 2. The van der Waals surface area contributed by atoms with Crippen LogP contribution < -0.4 is 10.6 Å². The summed E-state index contributed by atoms with van der Waals surface area (Å²) in [6.07, 6.45) is -4.61. The lowest BCUT2D eigenvalue weighted by molar-refractivity contribution is -0.141. The normalized spacial score (nSPS) is 12.8. The number of anilines is 3. The maximum absolute atomic E-state index is 13.1. The van der Waals surface area contributed by atoms with Gasteiger partial charge in [0.1, 0.15) is 5.82 Å². The fourth-order valence-corrected chi connectivity index (χ4v) is 2.91. The first-order chi connectivity index (χ1) is 11.6. The van der Waals surface area contributed by atoms with Gasteiger partial charge in [-0.2, -0.15) is 18.2 Å². The number of hydrogen-bond acceptors (Lipinski definition) is 5. The molecule has 0 aliphatic heterocycles. The van der Waals surface area contributed by atoms with Crippen molar-refractivity contribution in [2.45, 2.75) is 33.0 Å². The second-order valence-electron chi connectivity index (χ2n) is 5.73. The largest absolute Gasteiger partial charge is 0.433 e. The molecule has 25 heavy (non-hydrogen) atoms. The number of nitrogens with zero attached hydrogens (tertiary/aromatic N) is 2. The number of alkyl halides is 3. The second-order valence-corrected chi connectivity index (χ2v) is 6.64. The van der Waals surface area contributed by atoms with E-state index in [1.165, 1.54) is 0 Å². The number of hydrogen-bond donors (Lipinski definition) is 3. The molecule has 0 fully saturated rings. The Bertz CT molecular complexity index is 745. The predicted molar refractivity (Wildman–Crippen MR) is 94.1 cm³/mol. The van der Waals surface area contributed by atoms with Crippen molar-refractivity contribution >= 4 is 33.4 Å². The number of aryl methyl sites for hydroxylation is 2. The second kappa shape index (κ2) is 7.57. The highest BCUT2D eigenvalue weighted by molar-refractivity contribution is 9.10.